The van der Waals surface area contributed by atoms with E-state index in [4.69, 9.17) is 37.4 Å². The van der Waals surface area contributed by atoms with E-state index >= 15 is 8.42 Å². The number of ether oxygens (including phenoxy) is 3. The Kier molecular flexibility index (Phi) is 13.0. The number of nitrogens with zero attached hydrogens (tertiary/aromatic N) is 3. The van der Waals surface area contributed by atoms with E-state index in [0.717, 1.165) is 55.5 Å². The first-order chi connectivity index (χ1) is 30.1. The maximum absolute atomic E-state index is 15.0. The van der Waals surface area contributed by atoms with Crippen LogP contribution in [0.3, 0.4) is 0 Å². The van der Waals surface area contributed by atoms with Gasteiger partial charge in [0.05, 0.1) is 11.5 Å². The zero-order valence-electron chi connectivity index (χ0n) is 33.8. The first-order valence-electron chi connectivity index (χ1n) is 20.7. The van der Waals surface area contributed by atoms with Crippen molar-refractivity contribution in [1.82, 2.24) is 9.21 Å². The Morgan fingerprint density at radius 1 is 0.952 bits per heavy atom. The van der Waals surface area contributed by atoms with Crippen molar-refractivity contribution in [2.24, 2.45) is 11.8 Å². The van der Waals surface area contributed by atoms with Crippen LogP contribution in [-0.2, 0) is 30.8 Å². The molecular weight excluding hydrogens is 888 g/mol. The zero-order valence-corrected chi connectivity index (χ0v) is 36.1. The number of rotatable bonds is 17. The Hall–Kier alpha value is -4.81. The van der Waals surface area contributed by atoms with E-state index < -0.39 is 51.9 Å². The third-order valence-corrected chi connectivity index (χ3v) is 15.1. The minimum absolute atomic E-state index is 0.0982. The van der Waals surface area contributed by atoms with Gasteiger partial charge in [0, 0.05) is 30.3 Å². The molecule has 2 N–H and O–H groups in total. The van der Waals surface area contributed by atoms with Crippen molar-refractivity contribution < 1.29 is 55.2 Å². The second-order valence-corrected chi connectivity index (χ2v) is 19.2. The highest BCUT2D eigenvalue weighted by Crippen LogP contribution is 2.49. The van der Waals surface area contributed by atoms with Crippen molar-refractivity contribution in [2.75, 3.05) is 38.1 Å². The van der Waals surface area contributed by atoms with E-state index in [1.807, 2.05) is 0 Å². The fourth-order valence-corrected chi connectivity index (χ4v) is 11.6. The summed E-state index contributed by atoms with van der Waals surface area (Å²) in [5.74, 6) is -4.12. The van der Waals surface area contributed by atoms with Gasteiger partial charge >= 0.3 is 18.6 Å². The lowest BCUT2D eigenvalue weighted by Crippen LogP contribution is -2.57. The zero-order chi connectivity index (χ0) is 44.6. The molecule has 5 heterocycles. The number of carbonyl (C=O) groups is 2. The van der Waals surface area contributed by atoms with Gasteiger partial charge in [0.2, 0.25) is 10.0 Å². The number of carboxylic acids is 1. The van der Waals surface area contributed by atoms with Crippen LogP contribution in [0.25, 0.3) is 0 Å². The lowest BCUT2D eigenvalue weighted by atomic mass is 9.74. The van der Waals surface area contributed by atoms with Crippen LogP contribution in [0.15, 0.2) is 84.0 Å². The molecule has 336 valence electrons. The van der Waals surface area contributed by atoms with Crippen LogP contribution in [-0.4, -0.2) is 85.7 Å². The van der Waals surface area contributed by atoms with E-state index in [1.54, 1.807) is 6.07 Å². The Balaban J connectivity index is 1.17. The van der Waals surface area contributed by atoms with E-state index in [-0.39, 0.29) is 99.2 Å². The predicted molar refractivity (Wildman–Crippen MR) is 225 cm³/mol. The Bertz CT molecular complexity index is 2450. The quantitative estimate of drug-likeness (QED) is 0.0610. The van der Waals surface area contributed by atoms with Crippen molar-refractivity contribution in [3.8, 4) is 11.5 Å². The summed E-state index contributed by atoms with van der Waals surface area (Å²) < 4.78 is 89.8. The molecule has 4 aromatic rings. The average Bonchev–Trinajstić information content (AvgIpc) is 3.97. The molecule has 1 unspecified atom stereocenters. The molecule has 1 aromatic heterocycles. The summed E-state index contributed by atoms with van der Waals surface area (Å²) in [6.07, 6.45) is 4.79. The summed E-state index contributed by atoms with van der Waals surface area (Å²) in [6.45, 7) is -0.859. The van der Waals surface area contributed by atoms with Crippen LogP contribution in [0.2, 0.25) is 10.0 Å². The molecule has 13 nitrogen and oxygen atoms in total. The minimum atomic E-state index is -4.73. The molecule has 0 spiro atoms. The molecule has 0 radical (unpaired) electrons. The van der Waals surface area contributed by atoms with Gasteiger partial charge < -0.3 is 29.8 Å². The number of carbonyl (C=O) groups excluding carboxylic acids is 1. The largest absolute Gasteiger partial charge is 0.619 e. The number of carboxylic acid groups (broad SMARTS) is 1. The highest BCUT2D eigenvalue weighted by Gasteiger charge is 2.58. The van der Waals surface area contributed by atoms with Gasteiger partial charge in [-0.25, -0.2) is 17.6 Å². The van der Waals surface area contributed by atoms with Crippen molar-refractivity contribution in [3.05, 3.63) is 117 Å². The lowest BCUT2D eigenvalue weighted by Gasteiger charge is -2.44. The predicted octanol–water partition coefficient (Wildman–Crippen LogP) is 7.58. The summed E-state index contributed by atoms with van der Waals surface area (Å²) in [5, 5.41) is 26.4. The fourth-order valence-electron chi connectivity index (χ4n) is 9.16. The number of hydrogen-bond donors (Lipinski definition) is 2. The number of esters is 1. The van der Waals surface area contributed by atoms with Gasteiger partial charge in [0.25, 0.3) is 0 Å². The third-order valence-electron chi connectivity index (χ3n) is 12.5. The number of aromatic nitrogens is 1. The number of anilines is 1. The van der Waals surface area contributed by atoms with Crippen LogP contribution in [0.5, 0.6) is 11.5 Å². The van der Waals surface area contributed by atoms with Crippen LogP contribution >= 0.6 is 23.2 Å². The first-order valence-corrected chi connectivity index (χ1v) is 22.9. The van der Waals surface area contributed by atoms with Crippen molar-refractivity contribution >= 4 is 50.9 Å². The first kappa shape index (κ1) is 44.8. The maximum atomic E-state index is 15.0. The molecule has 4 saturated heterocycles. The van der Waals surface area contributed by atoms with Gasteiger partial charge in [-0.05, 0) is 123 Å². The standard InChI is InChI=1S/C44H45Cl2F3N4O9S/c45-35-22-52(57)23-36(46)33(35)21-34(28-10-11-37(62-43(48)49)38(19-28)60-25-26-8-9-26)44(42(55)56)14-3-15-53(44)63(58,59)32-7-2-6-31(20-32)50-40(29-4-1-5-30(47)18-29)41(54)61-39-24-51-16-12-27(39)13-17-51/h1-2,4-7,10-11,18-20,22-23,26-27,34,39-40,43,50H,3,8-9,12-17,21,24-25H2,(H,55,56)/t34-,39-,40?,44+/m0/s1. The molecule has 4 aliphatic heterocycles. The molecule has 9 rings (SSSR count). The number of alkyl halides is 2. The maximum Gasteiger partial charge on any atom is 0.387 e. The monoisotopic (exact) mass is 932 g/mol. The van der Waals surface area contributed by atoms with Gasteiger partial charge in [-0.15, -0.1) is 0 Å². The number of fused-ring (bicyclic) bond motifs is 3. The molecule has 63 heavy (non-hydrogen) atoms. The Labute approximate surface area is 372 Å². The number of halogens is 5. The highest BCUT2D eigenvalue weighted by molar-refractivity contribution is 7.89. The molecule has 3 aromatic carbocycles. The topological polar surface area (TPSA) is 162 Å². The molecule has 4 atom stereocenters. The number of pyridine rings is 1. The normalized spacial score (nSPS) is 23.3. The third kappa shape index (κ3) is 9.53. The summed E-state index contributed by atoms with van der Waals surface area (Å²) in [7, 11) is -4.73. The minimum Gasteiger partial charge on any atom is -0.619 e. The van der Waals surface area contributed by atoms with Crippen molar-refractivity contribution in [2.45, 2.75) is 80.1 Å². The second kappa shape index (κ2) is 18.4. The number of sulfonamides is 1. The molecule has 1 aliphatic carbocycles. The molecule has 2 bridgehead atoms. The van der Waals surface area contributed by atoms with Crippen LogP contribution in [0.4, 0.5) is 18.9 Å². The van der Waals surface area contributed by atoms with E-state index in [2.05, 4.69) is 10.2 Å². The fraction of sp³-hybridized carbons (Fsp3) is 0.432. The molecule has 5 aliphatic rings. The van der Waals surface area contributed by atoms with Crippen LogP contribution in [0.1, 0.15) is 67.2 Å². The van der Waals surface area contributed by atoms with Gasteiger partial charge in [-0.1, -0.05) is 47.5 Å². The summed E-state index contributed by atoms with van der Waals surface area (Å²) in [4.78, 5) is 29.8. The van der Waals surface area contributed by atoms with Crippen molar-refractivity contribution in [3.63, 3.8) is 0 Å². The second-order valence-electron chi connectivity index (χ2n) is 16.6. The highest BCUT2D eigenvalue weighted by atomic mass is 35.5. The number of nitrogens with one attached hydrogen (secondary N) is 1. The van der Waals surface area contributed by atoms with Gasteiger partial charge in [0.1, 0.15) is 27.5 Å². The molecule has 0 amide bonds. The van der Waals surface area contributed by atoms with Gasteiger partial charge in [-0.2, -0.15) is 17.8 Å². The number of hydrogen-bond acceptors (Lipinski definition) is 10. The van der Waals surface area contributed by atoms with Gasteiger partial charge in [0.15, 0.2) is 29.9 Å². The Morgan fingerprint density at radius 3 is 2.33 bits per heavy atom. The summed E-state index contributed by atoms with van der Waals surface area (Å²) in [6, 6.07) is 13.6. The SMILES string of the molecule is O=C(O[C@H]1CN2CCC1CC2)C(Nc1cccc(S(=O)(=O)N2CCC[C@]2(C(=O)O)[C@@H](Cc2c(Cl)c[n+]([O-])cc2Cl)c2ccc(OC(F)F)c(OCC3CC3)c2)c1)c1cccc(F)c1. The number of piperidine rings is 3. The van der Waals surface area contributed by atoms with Crippen LogP contribution in [0, 0.1) is 22.9 Å². The number of benzene rings is 3. The molecule has 5 fully saturated rings. The van der Waals surface area contributed by atoms with E-state index in [1.165, 1.54) is 60.7 Å². The Morgan fingerprint density at radius 2 is 1.68 bits per heavy atom. The molecular formula is C44H45Cl2F3N4O9S. The van der Waals surface area contributed by atoms with Crippen LogP contribution < -0.4 is 19.5 Å². The lowest BCUT2D eigenvalue weighted by molar-refractivity contribution is -0.605. The summed E-state index contributed by atoms with van der Waals surface area (Å²) in [5.41, 5.74) is -1.52. The molecule has 19 heteroatoms. The van der Waals surface area contributed by atoms with Gasteiger partial charge in [-0.3, -0.25) is 9.69 Å². The number of aliphatic carboxylic acids is 1. The van der Waals surface area contributed by atoms with Crippen molar-refractivity contribution in [1.29, 1.82) is 0 Å². The molecule has 1 saturated carbocycles. The smallest absolute Gasteiger partial charge is 0.387 e. The van der Waals surface area contributed by atoms with E-state index in [0.29, 0.717) is 11.3 Å². The van der Waals surface area contributed by atoms with E-state index in [9.17, 15) is 33.1 Å². The average molecular weight is 934 g/mol. The summed E-state index contributed by atoms with van der Waals surface area (Å²) >= 11 is 13.1.